The zero-order valence-electron chi connectivity index (χ0n) is 10.2. The molecule has 0 aromatic heterocycles. The predicted octanol–water partition coefficient (Wildman–Crippen LogP) is 4.42. The third-order valence-electron chi connectivity index (χ3n) is 2.73. The molecule has 0 radical (unpaired) electrons. The Morgan fingerprint density at radius 2 is 1.85 bits per heavy atom. The summed E-state index contributed by atoms with van der Waals surface area (Å²) in [6.45, 7) is 0.0165. The quantitative estimate of drug-likeness (QED) is 0.875. The molecule has 0 aliphatic heterocycles. The molecule has 0 saturated carbocycles. The Bertz CT molecular complexity index is 622. The molecule has 0 aliphatic carbocycles. The first-order valence-corrected chi connectivity index (χ1v) is 6.55. The van der Waals surface area contributed by atoms with Crippen molar-refractivity contribution in [2.45, 2.75) is 6.10 Å². The molecule has 1 atom stereocenters. The van der Waals surface area contributed by atoms with Crippen LogP contribution in [0.5, 0.6) is 0 Å². The zero-order valence-corrected chi connectivity index (χ0v) is 11.7. The average Bonchev–Trinajstić information content (AvgIpc) is 2.40. The second-order valence-corrected chi connectivity index (χ2v) is 5.03. The van der Waals surface area contributed by atoms with Gasteiger partial charge in [0, 0.05) is 28.2 Å². The summed E-state index contributed by atoms with van der Waals surface area (Å²) in [5.74, 6) is -1.39. The number of hydrogen-bond acceptors (Lipinski definition) is 2. The van der Waals surface area contributed by atoms with E-state index in [2.05, 4.69) is 5.32 Å². The standard InChI is InChI=1S/C14H11Cl2F2NO/c15-8-1-3-11(16)10(5-8)14(20)7-19-13-4-2-9(17)6-12(13)18/h1-6,14,19-20H,7H2. The number of hydrogen-bond donors (Lipinski definition) is 2. The van der Waals surface area contributed by atoms with Crippen molar-refractivity contribution in [2.75, 3.05) is 11.9 Å². The minimum atomic E-state index is -0.967. The first-order chi connectivity index (χ1) is 9.47. The number of aliphatic hydroxyl groups is 1. The minimum absolute atomic E-state index is 0.0165. The summed E-state index contributed by atoms with van der Waals surface area (Å²) in [6.07, 6.45) is -0.967. The molecule has 0 amide bonds. The number of nitrogens with one attached hydrogen (secondary N) is 1. The summed E-state index contributed by atoms with van der Waals surface area (Å²) in [5, 5.41) is 13.5. The van der Waals surface area contributed by atoms with Crippen molar-refractivity contribution in [1.29, 1.82) is 0 Å². The van der Waals surface area contributed by atoms with E-state index >= 15 is 0 Å². The fraction of sp³-hybridized carbons (Fsp3) is 0.143. The lowest BCUT2D eigenvalue weighted by Crippen LogP contribution is -2.13. The summed E-state index contributed by atoms with van der Waals surface area (Å²) < 4.78 is 26.2. The molecule has 2 rings (SSSR count). The lowest BCUT2D eigenvalue weighted by molar-refractivity contribution is 0.191. The van der Waals surface area contributed by atoms with Gasteiger partial charge in [-0.1, -0.05) is 23.2 Å². The molecule has 0 heterocycles. The highest BCUT2D eigenvalue weighted by Gasteiger charge is 2.13. The van der Waals surface area contributed by atoms with E-state index in [4.69, 9.17) is 23.2 Å². The van der Waals surface area contributed by atoms with E-state index in [9.17, 15) is 13.9 Å². The fourth-order valence-corrected chi connectivity index (χ4v) is 2.14. The second kappa shape index (κ2) is 6.39. The molecule has 20 heavy (non-hydrogen) atoms. The average molecular weight is 318 g/mol. The van der Waals surface area contributed by atoms with Crippen LogP contribution in [0.2, 0.25) is 10.0 Å². The van der Waals surface area contributed by atoms with Crippen LogP contribution in [0.15, 0.2) is 36.4 Å². The van der Waals surface area contributed by atoms with Crippen molar-refractivity contribution in [3.63, 3.8) is 0 Å². The Balaban J connectivity index is 2.08. The van der Waals surface area contributed by atoms with Gasteiger partial charge in [-0.3, -0.25) is 0 Å². The Morgan fingerprint density at radius 3 is 2.55 bits per heavy atom. The third-order valence-corrected chi connectivity index (χ3v) is 3.31. The lowest BCUT2D eigenvalue weighted by Gasteiger charge is -2.15. The maximum Gasteiger partial charge on any atom is 0.149 e. The van der Waals surface area contributed by atoms with Gasteiger partial charge in [0.1, 0.15) is 11.6 Å². The lowest BCUT2D eigenvalue weighted by atomic mass is 10.1. The number of benzene rings is 2. The van der Waals surface area contributed by atoms with E-state index in [1.165, 1.54) is 12.1 Å². The van der Waals surface area contributed by atoms with Crippen molar-refractivity contribution >= 4 is 28.9 Å². The molecule has 0 bridgehead atoms. The van der Waals surface area contributed by atoms with Crippen LogP contribution < -0.4 is 5.32 Å². The number of anilines is 1. The van der Waals surface area contributed by atoms with Gasteiger partial charge in [-0.25, -0.2) is 8.78 Å². The van der Waals surface area contributed by atoms with Crippen LogP contribution >= 0.6 is 23.2 Å². The molecular formula is C14H11Cl2F2NO. The molecule has 0 spiro atoms. The van der Waals surface area contributed by atoms with Crippen LogP contribution in [0, 0.1) is 11.6 Å². The van der Waals surface area contributed by atoms with Gasteiger partial charge >= 0.3 is 0 Å². The maximum atomic E-state index is 13.4. The summed E-state index contributed by atoms with van der Waals surface area (Å²) in [6, 6.07) is 7.87. The molecule has 106 valence electrons. The predicted molar refractivity (Wildman–Crippen MR) is 76.3 cm³/mol. The van der Waals surface area contributed by atoms with Gasteiger partial charge in [-0.2, -0.15) is 0 Å². The molecule has 1 unspecified atom stereocenters. The van der Waals surface area contributed by atoms with Gasteiger partial charge in [0.15, 0.2) is 0 Å². The van der Waals surface area contributed by atoms with Gasteiger partial charge in [-0.15, -0.1) is 0 Å². The highest BCUT2D eigenvalue weighted by atomic mass is 35.5. The Morgan fingerprint density at radius 1 is 1.10 bits per heavy atom. The monoisotopic (exact) mass is 317 g/mol. The van der Waals surface area contributed by atoms with Crippen molar-refractivity contribution < 1.29 is 13.9 Å². The van der Waals surface area contributed by atoms with Crippen LogP contribution in [-0.2, 0) is 0 Å². The number of aliphatic hydroxyl groups excluding tert-OH is 1. The van der Waals surface area contributed by atoms with Crippen LogP contribution in [0.25, 0.3) is 0 Å². The zero-order chi connectivity index (χ0) is 14.7. The molecule has 0 fully saturated rings. The Labute approximate surface area is 125 Å². The highest BCUT2D eigenvalue weighted by molar-refractivity contribution is 6.33. The number of rotatable bonds is 4. The van der Waals surface area contributed by atoms with E-state index in [1.54, 1.807) is 12.1 Å². The SMILES string of the molecule is OC(CNc1ccc(F)cc1F)c1cc(Cl)ccc1Cl. The summed E-state index contributed by atoms with van der Waals surface area (Å²) in [4.78, 5) is 0. The van der Waals surface area contributed by atoms with Crippen LogP contribution in [0.1, 0.15) is 11.7 Å². The molecule has 0 aliphatic rings. The molecule has 2 aromatic rings. The van der Waals surface area contributed by atoms with Gasteiger partial charge in [-0.05, 0) is 30.3 Å². The van der Waals surface area contributed by atoms with Gasteiger partial charge in [0.05, 0.1) is 11.8 Å². The normalized spacial score (nSPS) is 12.2. The van der Waals surface area contributed by atoms with E-state index in [0.717, 1.165) is 12.1 Å². The van der Waals surface area contributed by atoms with Crippen molar-refractivity contribution in [2.24, 2.45) is 0 Å². The fourth-order valence-electron chi connectivity index (χ4n) is 1.72. The van der Waals surface area contributed by atoms with Crippen molar-refractivity contribution in [3.8, 4) is 0 Å². The molecular weight excluding hydrogens is 307 g/mol. The highest BCUT2D eigenvalue weighted by Crippen LogP contribution is 2.27. The van der Waals surface area contributed by atoms with Gasteiger partial charge in [0.25, 0.3) is 0 Å². The summed E-state index contributed by atoms with van der Waals surface area (Å²) in [5.41, 5.74) is 0.540. The largest absolute Gasteiger partial charge is 0.387 e. The third kappa shape index (κ3) is 3.60. The van der Waals surface area contributed by atoms with Crippen molar-refractivity contribution in [3.05, 3.63) is 63.6 Å². The van der Waals surface area contributed by atoms with Crippen LogP contribution in [-0.4, -0.2) is 11.7 Å². The van der Waals surface area contributed by atoms with Gasteiger partial charge in [0.2, 0.25) is 0 Å². The van der Waals surface area contributed by atoms with E-state index in [0.29, 0.717) is 15.6 Å². The maximum absolute atomic E-state index is 13.4. The smallest absolute Gasteiger partial charge is 0.149 e. The van der Waals surface area contributed by atoms with Crippen molar-refractivity contribution in [1.82, 2.24) is 0 Å². The Hall–Kier alpha value is -1.36. The number of halogens is 4. The van der Waals surface area contributed by atoms with E-state index < -0.39 is 17.7 Å². The Kier molecular flexibility index (Phi) is 4.81. The van der Waals surface area contributed by atoms with Crippen LogP contribution in [0.3, 0.4) is 0 Å². The molecule has 2 N–H and O–H groups in total. The molecule has 2 nitrogen and oxygen atoms in total. The molecule has 0 saturated heterocycles. The van der Waals surface area contributed by atoms with Gasteiger partial charge < -0.3 is 10.4 Å². The summed E-state index contributed by atoms with van der Waals surface area (Å²) in [7, 11) is 0. The summed E-state index contributed by atoms with van der Waals surface area (Å²) >= 11 is 11.8. The first kappa shape index (κ1) is 15.0. The molecule has 2 aromatic carbocycles. The van der Waals surface area contributed by atoms with E-state index in [-0.39, 0.29) is 12.2 Å². The van der Waals surface area contributed by atoms with Crippen LogP contribution in [0.4, 0.5) is 14.5 Å². The minimum Gasteiger partial charge on any atom is -0.387 e. The molecule has 6 heteroatoms. The van der Waals surface area contributed by atoms with E-state index in [1.807, 2.05) is 0 Å². The second-order valence-electron chi connectivity index (χ2n) is 4.19. The first-order valence-electron chi connectivity index (χ1n) is 5.79. The topological polar surface area (TPSA) is 32.3 Å².